The van der Waals surface area contributed by atoms with E-state index in [0.717, 1.165) is 25.2 Å². The highest BCUT2D eigenvalue weighted by Crippen LogP contribution is 2.01. The van der Waals surface area contributed by atoms with E-state index < -0.39 is 5.97 Å². The van der Waals surface area contributed by atoms with E-state index >= 15 is 0 Å². The zero-order valence-electron chi connectivity index (χ0n) is 12.6. The molecule has 0 aliphatic carbocycles. The Morgan fingerprint density at radius 1 is 1.40 bits per heavy atom. The predicted molar refractivity (Wildman–Crippen MR) is 79.9 cm³/mol. The SMILES string of the molecule is CC(C)N(C)CCCCNCc1ccc(C(=O)O)cn1. The highest BCUT2D eigenvalue weighted by atomic mass is 16.4. The summed E-state index contributed by atoms with van der Waals surface area (Å²) in [7, 11) is 2.14. The van der Waals surface area contributed by atoms with Crippen molar-refractivity contribution in [1.82, 2.24) is 15.2 Å². The molecule has 1 heterocycles. The minimum absolute atomic E-state index is 0.227. The number of aromatic carboxylic acids is 1. The van der Waals surface area contributed by atoms with Gasteiger partial charge in [0.2, 0.25) is 0 Å². The maximum Gasteiger partial charge on any atom is 0.337 e. The summed E-state index contributed by atoms with van der Waals surface area (Å²) in [5.41, 5.74) is 1.10. The molecule has 0 aliphatic rings. The van der Waals surface area contributed by atoms with Crippen molar-refractivity contribution in [3.63, 3.8) is 0 Å². The number of unbranched alkanes of at least 4 members (excludes halogenated alkanes) is 1. The Morgan fingerprint density at radius 3 is 2.70 bits per heavy atom. The molecule has 20 heavy (non-hydrogen) atoms. The number of rotatable bonds is 9. The molecule has 2 N–H and O–H groups in total. The molecular formula is C15H25N3O2. The van der Waals surface area contributed by atoms with E-state index in [1.54, 1.807) is 12.1 Å². The van der Waals surface area contributed by atoms with Gasteiger partial charge in [-0.05, 0) is 59.0 Å². The largest absolute Gasteiger partial charge is 0.478 e. The average molecular weight is 279 g/mol. The number of hydrogen-bond acceptors (Lipinski definition) is 4. The van der Waals surface area contributed by atoms with Crippen LogP contribution in [-0.2, 0) is 6.54 Å². The monoisotopic (exact) mass is 279 g/mol. The fourth-order valence-electron chi connectivity index (χ4n) is 1.74. The van der Waals surface area contributed by atoms with Gasteiger partial charge in [0, 0.05) is 18.8 Å². The van der Waals surface area contributed by atoms with Crippen LogP contribution in [-0.4, -0.2) is 47.1 Å². The Hall–Kier alpha value is -1.46. The second kappa shape index (κ2) is 8.66. The average Bonchev–Trinajstić information content (AvgIpc) is 2.42. The Morgan fingerprint density at radius 2 is 2.15 bits per heavy atom. The first-order valence-electron chi connectivity index (χ1n) is 7.10. The van der Waals surface area contributed by atoms with E-state index in [1.165, 1.54) is 12.6 Å². The summed E-state index contributed by atoms with van der Waals surface area (Å²) in [5, 5.41) is 12.1. The molecule has 1 rings (SSSR count). The van der Waals surface area contributed by atoms with Crippen LogP contribution >= 0.6 is 0 Å². The van der Waals surface area contributed by atoms with Crippen LogP contribution in [0.1, 0.15) is 42.7 Å². The number of carboxylic acid groups (broad SMARTS) is 1. The van der Waals surface area contributed by atoms with Gasteiger partial charge in [0.15, 0.2) is 0 Å². The Kier molecular flexibility index (Phi) is 7.18. The Labute approximate surface area is 121 Å². The Balaban J connectivity index is 2.14. The second-order valence-corrected chi connectivity index (χ2v) is 5.30. The molecule has 5 heteroatoms. The smallest absolute Gasteiger partial charge is 0.337 e. The highest BCUT2D eigenvalue weighted by Gasteiger charge is 2.03. The van der Waals surface area contributed by atoms with Gasteiger partial charge in [-0.25, -0.2) is 4.79 Å². The fourth-order valence-corrected chi connectivity index (χ4v) is 1.74. The van der Waals surface area contributed by atoms with Gasteiger partial charge < -0.3 is 15.3 Å². The van der Waals surface area contributed by atoms with E-state index in [2.05, 4.69) is 36.1 Å². The lowest BCUT2D eigenvalue weighted by Crippen LogP contribution is -2.27. The molecule has 5 nitrogen and oxygen atoms in total. The van der Waals surface area contributed by atoms with Crippen molar-refractivity contribution < 1.29 is 9.90 Å². The molecule has 0 amide bonds. The van der Waals surface area contributed by atoms with Crippen LogP contribution in [0.15, 0.2) is 18.3 Å². The van der Waals surface area contributed by atoms with Crippen molar-refractivity contribution in [3.8, 4) is 0 Å². The van der Waals surface area contributed by atoms with Crippen molar-refractivity contribution in [1.29, 1.82) is 0 Å². The number of aromatic nitrogens is 1. The van der Waals surface area contributed by atoms with Gasteiger partial charge >= 0.3 is 5.97 Å². The molecular weight excluding hydrogens is 254 g/mol. The zero-order chi connectivity index (χ0) is 15.0. The third kappa shape index (κ3) is 6.12. The highest BCUT2D eigenvalue weighted by molar-refractivity contribution is 5.87. The molecule has 0 aliphatic heterocycles. The first kappa shape index (κ1) is 16.6. The lowest BCUT2D eigenvalue weighted by Gasteiger charge is -2.20. The number of nitrogens with zero attached hydrogens (tertiary/aromatic N) is 2. The molecule has 0 radical (unpaired) electrons. The Bertz CT molecular complexity index is 404. The minimum atomic E-state index is -0.939. The molecule has 0 unspecified atom stereocenters. The van der Waals surface area contributed by atoms with Gasteiger partial charge in [0.1, 0.15) is 0 Å². The number of hydrogen-bond donors (Lipinski definition) is 2. The summed E-state index contributed by atoms with van der Waals surface area (Å²) in [5.74, 6) is -0.939. The first-order chi connectivity index (χ1) is 9.50. The maximum atomic E-state index is 10.7. The van der Waals surface area contributed by atoms with Crippen LogP contribution in [0.2, 0.25) is 0 Å². The molecule has 0 aromatic carbocycles. The number of carbonyl (C=O) groups is 1. The van der Waals surface area contributed by atoms with E-state index in [0.29, 0.717) is 12.6 Å². The standard InChI is InChI=1S/C15H25N3O2/c1-12(2)18(3)9-5-4-8-16-11-14-7-6-13(10-17-14)15(19)20/h6-7,10,12,16H,4-5,8-9,11H2,1-3H3,(H,19,20). The quantitative estimate of drug-likeness (QED) is 0.677. The van der Waals surface area contributed by atoms with E-state index in [1.807, 2.05) is 0 Å². The molecule has 0 bridgehead atoms. The molecule has 0 saturated heterocycles. The number of nitrogens with one attached hydrogen (secondary N) is 1. The number of pyridine rings is 1. The van der Waals surface area contributed by atoms with E-state index in [9.17, 15) is 4.79 Å². The van der Waals surface area contributed by atoms with Crippen LogP contribution in [0.25, 0.3) is 0 Å². The molecule has 112 valence electrons. The van der Waals surface area contributed by atoms with Gasteiger partial charge in [-0.1, -0.05) is 0 Å². The lowest BCUT2D eigenvalue weighted by atomic mass is 10.2. The van der Waals surface area contributed by atoms with Crippen molar-refractivity contribution >= 4 is 5.97 Å². The minimum Gasteiger partial charge on any atom is -0.478 e. The summed E-state index contributed by atoms with van der Waals surface area (Å²) < 4.78 is 0. The topological polar surface area (TPSA) is 65.5 Å². The molecule has 1 aromatic rings. The molecule has 1 aromatic heterocycles. The summed E-state index contributed by atoms with van der Waals surface area (Å²) in [6, 6.07) is 3.94. The zero-order valence-corrected chi connectivity index (χ0v) is 12.6. The third-order valence-corrected chi connectivity index (χ3v) is 3.37. The summed E-state index contributed by atoms with van der Waals surface area (Å²) >= 11 is 0. The van der Waals surface area contributed by atoms with Crippen LogP contribution in [0.4, 0.5) is 0 Å². The van der Waals surface area contributed by atoms with Crippen molar-refractivity contribution in [3.05, 3.63) is 29.6 Å². The van der Waals surface area contributed by atoms with Crippen molar-refractivity contribution in [2.45, 2.75) is 39.3 Å². The number of carboxylic acids is 1. The van der Waals surface area contributed by atoms with Gasteiger partial charge in [-0.3, -0.25) is 4.98 Å². The van der Waals surface area contributed by atoms with Crippen LogP contribution in [0, 0.1) is 0 Å². The van der Waals surface area contributed by atoms with Crippen LogP contribution < -0.4 is 5.32 Å². The van der Waals surface area contributed by atoms with Gasteiger partial charge in [-0.2, -0.15) is 0 Å². The third-order valence-electron chi connectivity index (χ3n) is 3.37. The van der Waals surface area contributed by atoms with Gasteiger partial charge in [-0.15, -0.1) is 0 Å². The van der Waals surface area contributed by atoms with Crippen molar-refractivity contribution in [2.24, 2.45) is 0 Å². The predicted octanol–water partition coefficient (Wildman–Crippen LogP) is 1.99. The summed E-state index contributed by atoms with van der Waals surface area (Å²) in [6.45, 7) is 7.15. The van der Waals surface area contributed by atoms with Crippen LogP contribution in [0.3, 0.4) is 0 Å². The molecule has 0 atom stereocenters. The first-order valence-corrected chi connectivity index (χ1v) is 7.10. The van der Waals surface area contributed by atoms with E-state index in [-0.39, 0.29) is 5.56 Å². The summed E-state index contributed by atoms with van der Waals surface area (Å²) in [6.07, 6.45) is 3.70. The maximum absolute atomic E-state index is 10.7. The van der Waals surface area contributed by atoms with Gasteiger partial charge in [0.25, 0.3) is 0 Å². The normalized spacial score (nSPS) is 11.2. The van der Waals surface area contributed by atoms with Gasteiger partial charge in [0.05, 0.1) is 11.3 Å². The molecule has 0 spiro atoms. The second-order valence-electron chi connectivity index (χ2n) is 5.30. The molecule has 0 fully saturated rings. The van der Waals surface area contributed by atoms with E-state index in [4.69, 9.17) is 5.11 Å². The lowest BCUT2D eigenvalue weighted by molar-refractivity contribution is 0.0696. The van der Waals surface area contributed by atoms with Crippen LogP contribution in [0.5, 0.6) is 0 Å². The molecule has 0 saturated carbocycles. The summed E-state index contributed by atoms with van der Waals surface area (Å²) in [4.78, 5) is 17.1. The van der Waals surface area contributed by atoms with Crippen molar-refractivity contribution in [2.75, 3.05) is 20.1 Å². The fraction of sp³-hybridized carbons (Fsp3) is 0.600.